The maximum Gasteiger partial charge on any atom is 0.340 e. The van der Waals surface area contributed by atoms with E-state index in [1.54, 1.807) is 41.0 Å². The van der Waals surface area contributed by atoms with Crippen molar-refractivity contribution in [1.29, 1.82) is 0 Å². The normalized spacial score (nSPS) is 15.5. The van der Waals surface area contributed by atoms with Crippen LogP contribution in [-0.4, -0.2) is 35.1 Å². The van der Waals surface area contributed by atoms with Crippen LogP contribution in [0.15, 0.2) is 78.5 Å². The number of benzene rings is 3. The first kappa shape index (κ1) is 25.4. The van der Waals surface area contributed by atoms with Crippen LogP contribution in [0.3, 0.4) is 0 Å². The van der Waals surface area contributed by atoms with E-state index < -0.39 is 21.9 Å². The molecule has 0 radical (unpaired) electrons. The van der Waals surface area contributed by atoms with Gasteiger partial charge in [-0.25, -0.2) is 4.79 Å². The fraction of sp³-hybridized carbons (Fsp3) is 0.222. The highest BCUT2D eigenvalue weighted by Gasteiger charge is 2.47. The predicted molar refractivity (Wildman–Crippen MR) is 140 cm³/mol. The van der Waals surface area contributed by atoms with Gasteiger partial charge in [-0.05, 0) is 68.3 Å². The number of esters is 1. The summed E-state index contributed by atoms with van der Waals surface area (Å²) in [5.41, 5.74) is 3.36. The Morgan fingerprint density at radius 3 is 2.16 bits per heavy atom. The molecular formula is C27H26N4O6. The highest BCUT2D eigenvalue weighted by Crippen LogP contribution is 2.39. The molecule has 4 rings (SSSR count). The number of hydrogen-bond donors (Lipinski definition) is 0. The first-order valence-electron chi connectivity index (χ1n) is 11.7. The molecule has 10 nitrogen and oxygen atoms in total. The number of rotatable bonds is 7. The topological polar surface area (TPSA) is 119 Å². The summed E-state index contributed by atoms with van der Waals surface area (Å²) in [6.45, 7) is 5.71. The van der Waals surface area contributed by atoms with Crippen molar-refractivity contribution in [3.8, 4) is 0 Å². The van der Waals surface area contributed by atoms with Gasteiger partial charge in [0.1, 0.15) is 5.70 Å². The Balaban J connectivity index is 2.03. The molecule has 1 unspecified atom stereocenters. The summed E-state index contributed by atoms with van der Waals surface area (Å²) in [6, 6.07) is 18.8. The second-order valence-corrected chi connectivity index (χ2v) is 8.59. The Bertz CT molecular complexity index is 1370. The van der Waals surface area contributed by atoms with Crippen LogP contribution >= 0.6 is 0 Å². The zero-order valence-corrected chi connectivity index (χ0v) is 20.7. The average Bonchev–Trinajstić information content (AvgIpc) is 2.89. The van der Waals surface area contributed by atoms with Crippen LogP contribution in [0.5, 0.6) is 0 Å². The minimum Gasteiger partial charge on any atom is -0.464 e. The van der Waals surface area contributed by atoms with Gasteiger partial charge in [0, 0.05) is 29.1 Å². The number of hydrogen-bond acceptors (Lipinski definition) is 8. The summed E-state index contributed by atoms with van der Waals surface area (Å²) in [5, 5.41) is 23.9. The summed E-state index contributed by atoms with van der Waals surface area (Å²) >= 11 is 0. The Hall–Kier alpha value is -4.73. The maximum atomic E-state index is 13.2. The minimum absolute atomic E-state index is 0.0523. The van der Waals surface area contributed by atoms with E-state index in [0.717, 1.165) is 11.1 Å². The standard InChI is InChI=1S/C27H26N4O6/c1-4-37-27(32)26-25(31(35)36)24(20-11-14-22(15-12-20)30(33)34)29(23-13-10-18(2)19(3)16-23)17-28(26)21-8-6-5-7-9-21/h5-16,26H,4,17H2,1-3H3. The van der Waals surface area contributed by atoms with Crippen LogP contribution in [0.2, 0.25) is 0 Å². The number of carbonyl (C=O) groups is 1. The van der Waals surface area contributed by atoms with Gasteiger partial charge in [0.2, 0.25) is 6.04 Å². The molecule has 0 saturated carbocycles. The second kappa shape index (κ2) is 10.5. The molecule has 37 heavy (non-hydrogen) atoms. The number of nitrogens with zero attached hydrogens (tertiary/aromatic N) is 4. The zero-order chi connectivity index (χ0) is 26.7. The molecule has 3 aromatic rings. The molecule has 0 N–H and O–H groups in total. The van der Waals surface area contributed by atoms with Crippen molar-refractivity contribution in [3.63, 3.8) is 0 Å². The van der Waals surface area contributed by atoms with Crippen molar-refractivity contribution >= 4 is 28.7 Å². The molecule has 0 spiro atoms. The van der Waals surface area contributed by atoms with E-state index in [-0.39, 0.29) is 30.4 Å². The molecule has 0 amide bonds. The SMILES string of the molecule is CCOC(=O)C1C([N+](=O)[O-])=C(c2ccc([N+](=O)[O-])cc2)N(c2ccc(C)c(C)c2)CN1c1ccccc1. The van der Waals surface area contributed by atoms with Crippen molar-refractivity contribution in [1.82, 2.24) is 0 Å². The quantitative estimate of drug-likeness (QED) is 0.249. The van der Waals surface area contributed by atoms with Crippen molar-refractivity contribution < 1.29 is 19.4 Å². The van der Waals surface area contributed by atoms with E-state index in [1.165, 1.54) is 24.3 Å². The minimum atomic E-state index is -1.34. The molecule has 0 aromatic heterocycles. The number of aryl methyl sites for hydroxylation is 2. The fourth-order valence-corrected chi connectivity index (χ4v) is 4.37. The summed E-state index contributed by atoms with van der Waals surface area (Å²) < 4.78 is 5.30. The van der Waals surface area contributed by atoms with Crippen molar-refractivity contribution in [2.75, 3.05) is 23.1 Å². The molecule has 1 aliphatic heterocycles. The molecule has 0 saturated heterocycles. The number of anilines is 2. The van der Waals surface area contributed by atoms with E-state index in [4.69, 9.17) is 4.74 Å². The van der Waals surface area contributed by atoms with Gasteiger partial charge in [0.05, 0.1) is 23.1 Å². The number of nitro groups is 2. The van der Waals surface area contributed by atoms with Crippen LogP contribution in [0.25, 0.3) is 5.70 Å². The van der Waals surface area contributed by atoms with Crippen LogP contribution in [0.4, 0.5) is 17.1 Å². The Morgan fingerprint density at radius 1 is 0.919 bits per heavy atom. The molecule has 0 fully saturated rings. The first-order valence-corrected chi connectivity index (χ1v) is 11.7. The van der Waals surface area contributed by atoms with Gasteiger partial charge >= 0.3 is 11.7 Å². The highest BCUT2D eigenvalue weighted by atomic mass is 16.6. The van der Waals surface area contributed by atoms with Gasteiger partial charge < -0.3 is 14.5 Å². The molecular weight excluding hydrogens is 476 g/mol. The van der Waals surface area contributed by atoms with Gasteiger partial charge in [-0.2, -0.15) is 0 Å². The van der Waals surface area contributed by atoms with E-state index in [2.05, 4.69) is 0 Å². The van der Waals surface area contributed by atoms with Gasteiger partial charge in [-0.1, -0.05) is 24.3 Å². The van der Waals surface area contributed by atoms with Crippen molar-refractivity contribution in [2.24, 2.45) is 0 Å². The summed E-state index contributed by atoms with van der Waals surface area (Å²) in [7, 11) is 0. The lowest BCUT2D eigenvalue weighted by molar-refractivity contribution is -0.428. The highest BCUT2D eigenvalue weighted by molar-refractivity contribution is 5.93. The number of ether oxygens (including phenoxy) is 1. The fourth-order valence-electron chi connectivity index (χ4n) is 4.37. The molecule has 1 heterocycles. The zero-order valence-electron chi connectivity index (χ0n) is 20.7. The predicted octanol–water partition coefficient (Wildman–Crippen LogP) is 5.07. The van der Waals surface area contributed by atoms with Crippen LogP contribution in [0, 0.1) is 34.1 Å². The van der Waals surface area contributed by atoms with E-state index >= 15 is 0 Å². The van der Waals surface area contributed by atoms with Crippen LogP contribution in [-0.2, 0) is 9.53 Å². The summed E-state index contributed by atoms with van der Waals surface area (Å²) in [6.07, 6.45) is 0. The Morgan fingerprint density at radius 2 is 1.59 bits per heavy atom. The van der Waals surface area contributed by atoms with Gasteiger partial charge in [-0.15, -0.1) is 0 Å². The number of non-ortho nitro benzene ring substituents is 1. The first-order chi connectivity index (χ1) is 17.7. The monoisotopic (exact) mass is 502 g/mol. The lowest BCUT2D eigenvalue weighted by Gasteiger charge is -2.42. The van der Waals surface area contributed by atoms with E-state index in [1.807, 2.05) is 38.1 Å². The molecule has 1 aliphatic rings. The van der Waals surface area contributed by atoms with E-state index in [0.29, 0.717) is 16.9 Å². The number of para-hydroxylation sites is 1. The third-order valence-electron chi connectivity index (χ3n) is 6.33. The second-order valence-electron chi connectivity index (χ2n) is 8.59. The largest absolute Gasteiger partial charge is 0.464 e. The lowest BCUT2D eigenvalue weighted by atomic mass is 9.98. The third kappa shape index (κ3) is 4.99. The molecule has 0 aliphatic carbocycles. The van der Waals surface area contributed by atoms with Crippen molar-refractivity contribution in [2.45, 2.75) is 26.8 Å². The van der Waals surface area contributed by atoms with Crippen LogP contribution in [0.1, 0.15) is 23.6 Å². The summed E-state index contributed by atoms with van der Waals surface area (Å²) in [5.74, 6) is -0.753. The maximum absolute atomic E-state index is 13.2. The summed E-state index contributed by atoms with van der Waals surface area (Å²) in [4.78, 5) is 39.5. The van der Waals surface area contributed by atoms with Gasteiger partial charge in [-0.3, -0.25) is 20.2 Å². The number of carbonyl (C=O) groups excluding carboxylic acids is 1. The van der Waals surface area contributed by atoms with E-state index in [9.17, 15) is 25.0 Å². The van der Waals surface area contributed by atoms with Crippen LogP contribution < -0.4 is 9.80 Å². The smallest absolute Gasteiger partial charge is 0.340 e. The van der Waals surface area contributed by atoms with Crippen molar-refractivity contribution in [3.05, 3.63) is 115 Å². The molecule has 1 atom stereocenters. The number of nitro benzene ring substituents is 1. The van der Waals surface area contributed by atoms with Gasteiger partial charge in [0.15, 0.2) is 0 Å². The Kier molecular flexibility index (Phi) is 7.19. The molecule has 0 bridgehead atoms. The third-order valence-corrected chi connectivity index (χ3v) is 6.33. The molecule has 3 aromatic carbocycles. The average molecular weight is 503 g/mol. The molecule has 190 valence electrons. The molecule has 10 heteroatoms. The van der Waals surface area contributed by atoms with Gasteiger partial charge in [0.25, 0.3) is 5.69 Å². The Labute approximate surface area is 213 Å². The lowest BCUT2D eigenvalue weighted by Crippen LogP contribution is -2.55.